The molecule has 210 valence electrons. The zero-order chi connectivity index (χ0) is 29.3. The van der Waals surface area contributed by atoms with Gasteiger partial charge >= 0.3 is 35.8 Å². The fraction of sp³-hybridized carbons (Fsp3) is 0.455. The molecule has 0 aliphatic carbocycles. The van der Waals surface area contributed by atoms with Gasteiger partial charge in [0.15, 0.2) is 0 Å². The number of nitrogens with two attached hydrogens (primary N) is 2. The monoisotopic (exact) mass is 576 g/mol. The predicted octanol–water partition coefficient (Wildman–Crippen LogP) is 0.331. The molecule has 0 bridgehead atoms. The molecule has 0 radical (unpaired) electrons. The maximum Gasteiger partial charge on any atom is 0.334 e. The Balaban J connectivity index is 3.70. The third-order valence-corrected chi connectivity index (χ3v) is 7.81. The summed E-state index contributed by atoms with van der Waals surface area (Å²) in [6, 6.07) is 2.47. The SMILES string of the molecule is COC(=O)CC(Sc1cc(N)c(SC(CC(=O)OC)(C(=O)OC)C(=O)OC)cc1N)(C(=O)OC)C(=O)OC. The zero-order valence-electron chi connectivity index (χ0n) is 21.4. The van der Waals surface area contributed by atoms with Crippen molar-refractivity contribution in [3.8, 4) is 0 Å². The largest absolute Gasteiger partial charge is 0.469 e. The van der Waals surface area contributed by atoms with Crippen LogP contribution in [0.4, 0.5) is 11.4 Å². The fourth-order valence-electron chi connectivity index (χ4n) is 3.05. The maximum absolute atomic E-state index is 12.7. The summed E-state index contributed by atoms with van der Waals surface area (Å²) < 4.78 is 23.7. The van der Waals surface area contributed by atoms with Crippen LogP contribution >= 0.6 is 23.5 Å². The first kappa shape index (κ1) is 32.4. The lowest BCUT2D eigenvalue weighted by atomic mass is 10.1. The molecule has 1 aromatic carbocycles. The van der Waals surface area contributed by atoms with Crippen LogP contribution in [0.5, 0.6) is 0 Å². The van der Waals surface area contributed by atoms with Crippen LogP contribution in [0.15, 0.2) is 21.9 Å². The molecule has 0 spiro atoms. The Kier molecular flexibility index (Phi) is 11.7. The number of thioether (sulfide) groups is 2. The van der Waals surface area contributed by atoms with Gasteiger partial charge in [-0.05, 0) is 12.1 Å². The molecule has 0 aliphatic heterocycles. The van der Waals surface area contributed by atoms with Gasteiger partial charge in [0.1, 0.15) is 0 Å². The predicted molar refractivity (Wildman–Crippen MR) is 134 cm³/mol. The van der Waals surface area contributed by atoms with E-state index in [0.717, 1.165) is 42.7 Å². The van der Waals surface area contributed by atoms with Crippen LogP contribution in [-0.2, 0) is 57.2 Å². The van der Waals surface area contributed by atoms with Crippen LogP contribution < -0.4 is 11.5 Å². The molecule has 1 aromatic rings. The van der Waals surface area contributed by atoms with E-state index in [0.29, 0.717) is 23.5 Å². The molecule has 16 heteroatoms. The Labute approximate surface area is 226 Å². The van der Waals surface area contributed by atoms with E-state index in [-0.39, 0.29) is 21.2 Å². The van der Waals surface area contributed by atoms with E-state index in [9.17, 15) is 28.8 Å². The summed E-state index contributed by atoms with van der Waals surface area (Å²) in [4.78, 5) is 75.1. The van der Waals surface area contributed by atoms with E-state index in [1.54, 1.807) is 0 Å². The van der Waals surface area contributed by atoms with Crippen LogP contribution in [0, 0.1) is 0 Å². The molecule has 0 heterocycles. The molecule has 0 aliphatic rings. The lowest BCUT2D eigenvalue weighted by Gasteiger charge is -2.28. The third kappa shape index (κ3) is 6.80. The van der Waals surface area contributed by atoms with Crippen molar-refractivity contribution in [3.63, 3.8) is 0 Å². The normalized spacial score (nSPS) is 11.1. The minimum Gasteiger partial charge on any atom is -0.469 e. The summed E-state index contributed by atoms with van der Waals surface area (Å²) >= 11 is 1.05. The summed E-state index contributed by atoms with van der Waals surface area (Å²) in [6.45, 7) is 0. The molecule has 0 amide bonds. The number of esters is 6. The number of benzene rings is 1. The van der Waals surface area contributed by atoms with E-state index < -0.39 is 58.2 Å². The quantitative estimate of drug-likeness (QED) is 0.113. The molecular weight excluding hydrogens is 548 g/mol. The van der Waals surface area contributed by atoms with Gasteiger partial charge in [-0.25, -0.2) is 19.2 Å². The van der Waals surface area contributed by atoms with Gasteiger partial charge in [0.05, 0.1) is 55.5 Å². The summed E-state index contributed by atoms with van der Waals surface area (Å²) in [5, 5.41) is 0. The van der Waals surface area contributed by atoms with Gasteiger partial charge < -0.3 is 39.9 Å². The molecule has 0 saturated heterocycles. The van der Waals surface area contributed by atoms with Crippen molar-refractivity contribution in [1.29, 1.82) is 0 Å². The lowest BCUT2D eigenvalue weighted by molar-refractivity contribution is -0.161. The molecule has 14 nitrogen and oxygen atoms in total. The third-order valence-electron chi connectivity index (χ3n) is 5.01. The van der Waals surface area contributed by atoms with Gasteiger partial charge in [-0.15, -0.1) is 0 Å². The average Bonchev–Trinajstić information content (AvgIpc) is 2.92. The molecule has 0 saturated carbocycles. The van der Waals surface area contributed by atoms with Crippen LogP contribution in [0.25, 0.3) is 0 Å². The van der Waals surface area contributed by atoms with Crippen LogP contribution in [-0.4, -0.2) is 88.0 Å². The van der Waals surface area contributed by atoms with E-state index in [2.05, 4.69) is 9.47 Å². The second kappa shape index (κ2) is 13.8. The van der Waals surface area contributed by atoms with Crippen LogP contribution in [0.2, 0.25) is 0 Å². The number of hydrogen-bond acceptors (Lipinski definition) is 16. The average molecular weight is 577 g/mol. The van der Waals surface area contributed by atoms with Crippen molar-refractivity contribution in [2.24, 2.45) is 0 Å². The molecule has 0 unspecified atom stereocenters. The fourth-order valence-corrected chi connectivity index (χ4v) is 5.57. The number of methoxy groups -OCH3 is 6. The molecule has 0 fully saturated rings. The Morgan fingerprint density at radius 1 is 0.579 bits per heavy atom. The van der Waals surface area contributed by atoms with Gasteiger partial charge in [-0.3, -0.25) is 9.59 Å². The topological polar surface area (TPSA) is 210 Å². The molecule has 1 rings (SSSR count). The lowest BCUT2D eigenvalue weighted by Crippen LogP contribution is -2.47. The Bertz CT molecular complexity index is 990. The standard InChI is InChI=1S/C22H28N2O12S2/c1-31-15(25)9-21(17(27)33-3,18(28)34-4)37-13-7-12(24)14(8-11(13)23)38-22(19(29)35-5,20(30)36-6)10-16(26)32-2/h7-8H,9-10,23-24H2,1-6H3. The molecular formula is C22H28N2O12S2. The highest BCUT2D eigenvalue weighted by Crippen LogP contribution is 2.47. The van der Waals surface area contributed by atoms with E-state index in [1.807, 2.05) is 0 Å². The van der Waals surface area contributed by atoms with Gasteiger partial charge in [0.25, 0.3) is 0 Å². The first-order valence-corrected chi connectivity index (χ1v) is 12.0. The summed E-state index contributed by atoms with van der Waals surface area (Å²) in [5.74, 6) is -6.32. The summed E-state index contributed by atoms with van der Waals surface area (Å²) in [5.41, 5.74) is 12.2. The molecule has 4 N–H and O–H groups in total. The Hall–Kier alpha value is -3.66. The number of hydrogen-bond donors (Lipinski definition) is 2. The number of ether oxygens (including phenoxy) is 6. The van der Waals surface area contributed by atoms with Crippen LogP contribution in [0.3, 0.4) is 0 Å². The number of carbonyl (C=O) groups excluding carboxylic acids is 6. The van der Waals surface area contributed by atoms with Crippen molar-refractivity contribution in [2.45, 2.75) is 32.1 Å². The van der Waals surface area contributed by atoms with Gasteiger partial charge in [0.2, 0.25) is 9.49 Å². The zero-order valence-corrected chi connectivity index (χ0v) is 23.1. The number of rotatable bonds is 12. The first-order chi connectivity index (χ1) is 17.8. The van der Waals surface area contributed by atoms with Crippen LogP contribution in [0.1, 0.15) is 12.8 Å². The molecule has 0 aromatic heterocycles. The number of anilines is 2. The van der Waals surface area contributed by atoms with Crippen molar-refractivity contribution < 1.29 is 57.2 Å². The summed E-state index contributed by atoms with van der Waals surface area (Å²) in [7, 11) is 6.17. The van der Waals surface area contributed by atoms with E-state index in [4.69, 9.17) is 30.4 Å². The summed E-state index contributed by atoms with van der Waals surface area (Å²) in [6.07, 6.45) is -1.54. The van der Waals surface area contributed by atoms with E-state index >= 15 is 0 Å². The highest BCUT2D eigenvalue weighted by molar-refractivity contribution is 8.03. The van der Waals surface area contributed by atoms with Gasteiger partial charge in [-0.1, -0.05) is 23.5 Å². The Morgan fingerprint density at radius 2 is 0.842 bits per heavy atom. The smallest absolute Gasteiger partial charge is 0.334 e. The minimum absolute atomic E-state index is 0.0428. The Morgan fingerprint density at radius 3 is 1.05 bits per heavy atom. The van der Waals surface area contributed by atoms with Crippen molar-refractivity contribution in [1.82, 2.24) is 0 Å². The number of nitrogen functional groups attached to an aromatic ring is 2. The molecule has 38 heavy (non-hydrogen) atoms. The highest BCUT2D eigenvalue weighted by Gasteiger charge is 2.54. The van der Waals surface area contributed by atoms with Crippen molar-refractivity contribution in [2.75, 3.05) is 54.1 Å². The van der Waals surface area contributed by atoms with Gasteiger partial charge in [-0.2, -0.15) is 0 Å². The van der Waals surface area contributed by atoms with Crippen molar-refractivity contribution >= 4 is 70.7 Å². The second-order valence-corrected chi connectivity index (χ2v) is 9.94. The first-order valence-electron chi connectivity index (χ1n) is 10.4. The highest BCUT2D eigenvalue weighted by atomic mass is 32.2. The maximum atomic E-state index is 12.7. The van der Waals surface area contributed by atoms with Gasteiger partial charge in [0, 0.05) is 21.2 Å². The van der Waals surface area contributed by atoms with Crippen molar-refractivity contribution in [3.05, 3.63) is 12.1 Å². The minimum atomic E-state index is -2.25. The number of carbonyl (C=O) groups is 6. The molecule has 0 atom stereocenters. The van der Waals surface area contributed by atoms with E-state index in [1.165, 1.54) is 12.1 Å². The second-order valence-electron chi connectivity index (χ2n) is 7.26.